The van der Waals surface area contributed by atoms with Gasteiger partial charge in [-0.1, -0.05) is 13.0 Å². The van der Waals surface area contributed by atoms with Crippen LogP contribution in [0.15, 0.2) is 11.6 Å². The molecule has 0 aromatic heterocycles. The Morgan fingerprint density at radius 1 is 1.50 bits per heavy atom. The Bertz CT molecular complexity index is 216. The first-order valence-electron chi connectivity index (χ1n) is 4.72. The summed E-state index contributed by atoms with van der Waals surface area (Å²) in [5, 5.41) is 21.0. The maximum Gasteiger partial charge on any atom is 0.331 e. The minimum absolute atomic E-state index is 0.397. The van der Waals surface area contributed by atoms with Gasteiger partial charge in [0.05, 0.1) is 5.60 Å². The number of hydrogen-bond donors (Lipinski definition) is 3. The van der Waals surface area contributed by atoms with Crippen molar-refractivity contribution in [3.8, 4) is 0 Å². The molecule has 0 saturated carbocycles. The molecule has 0 aromatic carbocycles. The second-order valence-electron chi connectivity index (χ2n) is 3.83. The number of nitrogens with one attached hydrogen (secondary N) is 1. The molecule has 0 fully saturated rings. The number of carboxylic acids is 1. The summed E-state index contributed by atoms with van der Waals surface area (Å²) < 4.78 is 0. The van der Waals surface area contributed by atoms with Gasteiger partial charge in [-0.05, 0) is 20.3 Å². The molecule has 0 aliphatic heterocycles. The van der Waals surface area contributed by atoms with Gasteiger partial charge in [0.2, 0.25) is 0 Å². The Balaban J connectivity index is 3.86. The van der Waals surface area contributed by atoms with Crippen LogP contribution in [0.2, 0.25) is 0 Å². The molecule has 0 saturated heterocycles. The highest BCUT2D eigenvalue weighted by molar-refractivity contribution is 5.86. The number of aliphatic carboxylic acids is 1. The molecule has 14 heavy (non-hydrogen) atoms. The molecular formula is C10H19NO3. The maximum atomic E-state index is 10.6. The molecule has 82 valence electrons. The lowest BCUT2D eigenvalue weighted by Gasteiger charge is -2.16. The van der Waals surface area contributed by atoms with Gasteiger partial charge in [-0.15, -0.1) is 0 Å². The van der Waals surface area contributed by atoms with Crippen molar-refractivity contribution in [3.63, 3.8) is 0 Å². The summed E-state index contributed by atoms with van der Waals surface area (Å²) in [5.74, 6) is -0.877. The first-order valence-corrected chi connectivity index (χ1v) is 4.72. The molecule has 0 unspecified atom stereocenters. The fourth-order valence-corrected chi connectivity index (χ4v) is 0.956. The van der Waals surface area contributed by atoms with E-state index in [-0.39, 0.29) is 0 Å². The first kappa shape index (κ1) is 13.1. The highest BCUT2D eigenvalue weighted by Crippen LogP contribution is 2.00. The van der Waals surface area contributed by atoms with Gasteiger partial charge in [0.15, 0.2) is 0 Å². The van der Waals surface area contributed by atoms with E-state index in [4.69, 9.17) is 5.11 Å². The van der Waals surface area contributed by atoms with Crippen LogP contribution in [0.1, 0.15) is 27.2 Å². The van der Waals surface area contributed by atoms with Crippen LogP contribution in [0.25, 0.3) is 0 Å². The summed E-state index contributed by atoms with van der Waals surface area (Å²) in [7, 11) is 0. The van der Waals surface area contributed by atoms with Crippen molar-refractivity contribution in [2.75, 3.05) is 13.1 Å². The van der Waals surface area contributed by atoms with E-state index >= 15 is 0 Å². The van der Waals surface area contributed by atoms with E-state index < -0.39 is 11.6 Å². The summed E-state index contributed by atoms with van der Waals surface area (Å²) in [6, 6.07) is 0. The number of hydrogen-bond acceptors (Lipinski definition) is 3. The van der Waals surface area contributed by atoms with Crippen molar-refractivity contribution >= 4 is 5.97 Å². The van der Waals surface area contributed by atoms with Crippen molar-refractivity contribution < 1.29 is 15.0 Å². The third-order valence-corrected chi connectivity index (χ3v) is 1.71. The van der Waals surface area contributed by atoms with Gasteiger partial charge in [-0.3, -0.25) is 0 Å². The van der Waals surface area contributed by atoms with Gasteiger partial charge in [0.25, 0.3) is 0 Å². The Kier molecular flexibility index (Phi) is 5.42. The molecule has 0 heterocycles. The predicted molar refractivity (Wildman–Crippen MR) is 55.2 cm³/mol. The third-order valence-electron chi connectivity index (χ3n) is 1.71. The molecule has 0 spiro atoms. The zero-order valence-corrected chi connectivity index (χ0v) is 9.00. The van der Waals surface area contributed by atoms with Crippen molar-refractivity contribution in [2.24, 2.45) is 0 Å². The lowest BCUT2D eigenvalue weighted by molar-refractivity contribution is -0.132. The third kappa shape index (κ3) is 6.62. The minimum atomic E-state index is -0.877. The molecule has 0 bridgehead atoms. The monoisotopic (exact) mass is 201 g/mol. The van der Waals surface area contributed by atoms with E-state index in [0.717, 1.165) is 0 Å². The summed E-state index contributed by atoms with van der Waals surface area (Å²) in [6.07, 6.45) is 2.15. The number of carboxylic acid groups (broad SMARTS) is 1. The lowest BCUT2D eigenvalue weighted by atomic mass is 10.1. The summed E-state index contributed by atoms with van der Waals surface area (Å²) in [6.45, 7) is 6.11. The Morgan fingerprint density at radius 2 is 2.07 bits per heavy atom. The van der Waals surface area contributed by atoms with Crippen LogP contribution in [0.4, 0.5) is 0 Å². The standard InChI is InChI=1S/C10H19NO3/c1-4-8(9(12)13)5-6-11-7-10(2,3)14/h5,11,14H,4,6-7H2,1-3H3,(H,12,13). The lowest BCUT2D eigenvalue weighted by Crippen LogP contribution is -2.34. The van der Waals surface area contributed by atoms with Crippen LogP contribution in [0.5, 0.6) is 0 Å². The molecule has 0 aliphatic rings. The van der Waals surface area contributed by atoms with E-state index in [2.05, 4.69) is 5.32 Å². The molecule has 4 nitrogen and oxygen atoms in total. The van der Waals surface area contributed by atoms with E-state index in [9.17, 15) is 9.90 Å². The van der Waals surface area contributed by atoms with Gasteiger partial charge in [0, 0.05) is 18.7 Å². The Morgan fingerprint density at radius 3 is 2.43 bits per heavy atom. The summed E-state index contributed by atoms with van der Waals surface area (Å²) in [5.41, 5.74) is -0.364. The van der Waals surface area contributed by atoms with Crippen molar-refractivity contribution in [1.29, 1.82) is 0 Å². The fourth-order valence-electron chi connectivity index (χ4n) is 0.956. The van der Waals surface area contributed by atoms with Crippen LogP contribution in [-0.4, -0.2) is 34.9 Å². The van der Waals surface area contributed by atoms with Crippen molar-refractivity contribution in [3.05, 3.63) is 11.6 Å². The van der Waals surface area contributed by atoms with Crippen molar-refractivity contribution in [1.82, 2.24) is 5.32 Å². The first-order chi connectivity index (χ1) is 6.37. The maximum absolute atomic E-state index is 10.6. The fraction of sp³-hybridized carbons (Fsp3) is 0.700. The predicted octanol–water partition coefficient (Wildman–Crippen LogP) is 0.768. The average Bonchev–Trinajstić information content (AvgIpc) is 2.01. The topological polar surface area (TPSA) is 69.6 Å². The average molecular weight is 201 g/mol. The largest absolute Gasteiger partial charge is 0.478 e. The van der Waals surface area contributed by atoms with Crippen LogP contribution in [0.3, 0.4) is 0 Å². The van der Waals surface area contributed by atoms with Crippen LogP contribution in [-0.2, 0) is 4.79 Å². The second kappa shape index (κ2) is 5.78. The van der Waals surface area contributed by atoms with Gasteiger partial charge in [-0.25, -0.2) is 4.79 Å². The normalized spacial score (nSPS) is 13.0. The van der Waals surface area contributed by atoms with E-state index in [0.29, 0.717) is 25.1 Å². The zero-order chi connectivity index (χ0) is 11.2. The number of rotatable bonds is 6. The SMILES string of the molecule is CCC(=CCNCC(C)(C)O)C(=O)O. The second-order valence-corrected chi connectivity index (χ2v) is 3.83. The Labute approximate surface area is 84.6 Å². The van der Waals surface area contributed by atoms with E-state index in [1.165, 1.54) is 0 Å². The van der Waals surface area contributed by atoms with Gasteiger partial charge in [-0.2, -0.15) is 0 Å². The Hall–Kier alpha value is -0.870. The molecule has 0 aliphatic carbocycles. The van der Waals surface area contributed by atoms with E-state index in [1.54, 1.807) is 26.8 Å². The van der Waals surface area contributed by atoms with Gasteiger partial charge in [0.1, 0.15) is 0 Å². The highest BCUT2D eigenvalue weighted by atomic mass is 16.4. The van der Waals surface area contributed by atoms with Gasteiger partial charge >= 0.3 is 5.97 Å². The zero-order valence-electron chi connectivity index (χ0n) is 9.00. The van der Waals surface area contributed by atoms with Crippen LogP contribution < -0.4 is 5.32 Å². The molecule has 0 atom stereocenters. The van der Waals surface area contributed by atoms with E-state index in [1.807, 2.05) is 0 Å². The number of carbonyl (C=O) groups is 1. The molecule has 0 amide bonds. The van der Waals surface area contributed by atoms with Crippen LogP contribution >= 0.6 is 0 Å². The molecule has 0 rings (SSSR count). The summed E-state index contributed by atoms with van der Waals surface area (Å²) in [4.78, 5) is 10.6. The van der Waals surface area contributed by atoms with Crippen LogP contribution in [0, 0.1) is 0 Å². The minimum Gasteiger partial charge on any atom is -0.478 e. The molecule has 0 radical (unpaired) electrons. The highest BCUT2D eigenvalue weighted by Gasteiger charge is 2.10. The molecule has 3 N–H and O–H groups in total. The van der Waals surface area contributed by atoms with Crippen molar-refractivity contribution in [2.45, 2.75) is 32.8 Å². The molecule has 4 heteroatoms. The smallest absolute Gasteiger partial charge is 0.331 e. The quantitative estimate of drug-likeness (QED) is 0.438. The number of aliphatic hydroxyl groups is 1. The van der Waals surface area contributed by atoms with Gasteiger partial charge < -0.3 is 15.5 Å². The molecular weight excluding hydrogens is 182 g/mol. The summed E-state index contributed by atoms with van der Waals surface area (Å²) >= 11 is 0. The molecule has 0 aromatic rings.